The molecule has 2 aromatic carbocycles. The van der Waals surface area contributed by atoms with Gasteiger partial charge in [-0.25, -0.2) is 13.1 Å². The van der Waals surface area contributed by atoms with Gasteiger partial charge < -0.3 is 14.8 Å². The fraction of sp³-hybridized carbons (Fsp3) is 0.533. The van der Waals surface area contributed by atoms with Crippen LogP contribution in [0, 0.1) is 11.8 Å². The van der Waals surface area contributed by atoms with Crippen molar-refractivity contribution in [3.05, 3.63) is 58.1 Å². The molecule has 0 unspecified atom stereocenters. The summed E-state index contributed by atoms with van der Waals surface area (Å²) >= 11 is 6.37. The average molecular weight is 586 g/mol. The molecule has 2 N–H and O–H groups in total. The van der Waals surface area contributed by atoms with E-state index < -0.39 is 15.9 Å². The van der Waals surface area contributed by atoms with E-state index in [2.05, 4.69) is 26.9 Å². The van der Waals surface area contributed by atoms with Gasteiger partial charge in [-0.15, -0.1) is 0 Å². The largest absolute Gasteiger partial charge is 0.490 e. The first-order chi connectivity index (χ1) is 19.3. The standard InChI is InChI=1S/C30H36ClN3O5S/c31-23-9-11-25-20(15-23)5-4-13-30(25)18-34-17-22-7-10-24(22)26(32-36)6-2-1-3-14-40(37,38)33-29(35)21-8-12-28(39-19-30)27(34)16-21/h8-9,11-12,15-16,22,24,36H,1-7,10,13-14,17-19H2,(H,33,35)/b32-26-/t22-,24+,30-/m0/s1. The predicted octanol–water partition coefficient (Wildman–Crippen LogP) is 5.30. The van der Waals surface area contributed by atoms with Gasteiger partial charge >= 0.3 is 0 Å². The van der Waals surface area contributed by atoms with E-state index in [4.69, 9.17) is 16.3 Å². The number of carbonyl (C=O) groups is 1. The Morgan fingerprint density at radius 1 is 1.07 bits per heavy atom. The molecule has 0 saturated heterocycles. The van der Waals surface area contributed by atoms with Crippen molar-refractivity contribution in [3.63, 3.8) is 0 Å². The Morgan fingerprint density at radius 2 is 1.95 bits per heavy atom. The van der Waals surface area contributed by atoms with Crippen LogP contribution in [0.25, 0.3) is 0 Å². The Labute approximate surface area is 240 Å². The average Bonchev–Trinajstić information content (AvgIpc) is 3.06. The van der Waals surface area contributed by atoms with E-state index in [-0.39, 0.29) is 22.6 Å². The molecule has 2 aromatic rings. The Balaban J connectivity index is 1.42. The quantitative estimate of drug-likeness (QED) is 0.321. The summed E-state index contributed by atoms with van der Waals surface area (Å²) in [5.41, 5.74) is 4.16. The molecular weight excluding hydrogens is 550 g/mol. The number of halogens is 1. The van der Waals surface area contributed by atoms with E-state index in [9.17, 15) is 18.4 Å². The van der Waals surface area contributed by atoms with E-state index in [0.29, 0.717) is 44.1 Å². The second-order valence-corrected chi connectivity index (χ2v) is 14.2. The van der Waals surface area contributed by atoms with Gasteiger partial charge in [-0.05, 0) is 98.7 Å². The van der Waals surface area contributed by atoms with Crippen molar-refractivity contribution in [1.82, 2.24) is 4.72 Å². The maximum Gasteiger partial charge on any atom is 0.264 e. The van der Waals surface area contributed by atoms with Crippen molar-refractivity contribution in [2.75, 3.05) is 30.3 Å². The summed E-state index contributed by atoms with van der Waals surface area (Å²) in [5, 5.41) is 14.3. The third-order valence-electron chi connectivity index (χ3n) is 9.32. The van der Waals surface area contributed by atoms with Gasteiger partial charge in [0.15, 0.2) is 0 Å². The summed E-state index contributed by atoms with van der Waals surface area (Å²) in [6, 6.07) is 11.4. The minimum Gasteiger partial charge on any atom is -0.490 e. The zero-order valence-corrected chi connectivity index (χ0v) is 24.1. The minimum absolute atomic E-state index is 0.123. The van der Waals surface area contributed by atoms with Crippen molar-refractivity contribution >= 4 is 38.9 Å². The lowest BCUT2D eigenvalue weighted by molar-refractivity contribution is 0.0981. The van der Waals surface area contributed by atoms with E-state index >= 15 is 0 Å². The molecule has 2 aliphatic carbocycles. The lowest BCUT2D eigenvalue weighted by atomic mass is 9.68. The van der Waals surface area contributed by atoms with Crippen LogP contribution in [0.4, 0.5) is 5.69 Å². The van der Waals surface area contributed by atoms with Gasteiger partial charge in [0.05, 0.1) is 23.8 Å². The second-order valence-electron chi connectivity index (χ2n) is 11.9. The van der Waals surface area contributed by atoms with Crippen LogP contribution in [0.2, 0.25) is 5.02 Å². The van der Waals surface area contributed by atoms with Crippen LogP contribution in [0.1, 0.15) is 72.9 Å². The van der Waals surface area contributed by atoms with Crippen molar-refractivity contribution in [2.45, 2.75) is 63.2 Å². The first-order valence-corrected chi connectivity index (χ1v) is 16.4. The SMILES string of the molecule is O=C1NS(=O)(=O)CCCCC/C(=N/O)[C@@H]2CC[C@H]2CN2C[C@@]3(CCCc4cc(Cl)ccc43)COc3ccc1cc32. The van der Waals surface area contributed by atoms with Gasteiger partial charge in [0.25, 0.3) is 5.91 Å². The highest BCUT2D eigenvalue weighted by atomic mass is 35.5. The smallest absolute Gasteiger partial charge is 0.264 e. The van der Waals surface area contributed by atoms with Crippen LogP contribution in [-0.2, 0) is 21.9 Å². The third kappa shape index (κ3) is 5.30. The molecule has 2 heterocycles. The number of sulfonamides is 1. The maximum absolute atomic E-state index is 13.1. The van der Waals surface area contributed by atoms with Crippen LogP contribution >= 0.6 is 11.6 Å². The third-order valence-corrected chi connectivity index (χ3v) is 10.9. The molecule has 2 bridgehead atoms. The van der Waals surface area contributed by atoms with Gasteiger partial charge in [0.1, 0.15) is 5.75 Å². The number of hydrogen-bond acceptors (Lipinski definition) is 7. The highest BCUT2D eigenvalue weighted by Gasteiger charge is 2.44. The number of amides is 1. The number of rotatable bonds is 0. The fourth-order valence-electron chi connectivity index (χ4n) is 7.10. The maximum atomic E-state index is 13.1. The number of nitrogens with zero attached hydrogens (tertiary/aromatic N) is 2. The van der Waals surface area contributed by atoms with Crippen molar-refractivity contribution in [3.8, 4) is 5.75 Å². The summed E-state index contributed by atoms with van der Waals surface area (Å²) in [6.45, 7) is 1.93. The zero-order valence-electron chi connectivity index (χ0n) is 22.6. The van der Waals surface area contributed by atoms with Gasteiger partial charge in [-0.2, -0.15) is 0 Å². The number of carbonyl (C=O) groups excluding carboxylic acids is 1. The Kier molecular flexibility index (Phi) is 7.46. The van der Waals surface area contributed by atoms with E-state index in [1.807, 2.05) is 6.07 Å². The van der Waals surface area contributed by atoms with Gasteiger partial charge in [0.2, 0.25) is 10.0 Å². The molecule has 10 heteroatoms. The molecule has 1 spiro atoms. The van der Waals surface area contributed by atoms with Crippen LogP contribution in [0.3, 0.4) is 0 Å². The number of benzene rings is 2. The van der Waals surface area contributed by atoms with Crippen molar-refractivity contribution in [2.24, 2.45) is 17.0 Å². The lowest BCUT2D eigenvalue weighted by Gasteiger charge is -2.44. The van der Waals surface area contributed by atoms with Gasteiger partial charge in [-0.3, -0.25) is 4.79 Å². The van der Waals surface area contributed by atoms with E-state index in [1.165, 1.54) is 11.1 Å². The first kappa shape index (κ1) is 27.4. The number of aryl methyl sites for hydroxylation is 1. The van der Waals surface area contributed by atoms with Crippen LogP contribution in [0.5, 0.6) is 5.75 Å². The molecule has 1 amide bonds. The fourth-order valence-corrected chi connectivity index (χ4v) is 8.38. The highest BCUT2D eigenvalue weighted by molar-refractivity contribution is 7.90. The molecule has 40 heavy (non-hydrogen) atoms. The highest BCUT2D eigenvalue weighted by Crippen LogP contribution is 2.46. The van der Waals surface area contributed by atoms with Crippen LogP contribution in [0.15, 0.2) is 41.6 Å². The van der Waals surface area contributed by atoms with Crippen molar-refractivity contribution < 1.29 is 23.2 Å². The topological polar surface area (TPSA) is 108 Å². The van der Waals surface area contributed by atoms with Gasteiger partial charge in [-0.1, -0.05) is 29.2 Å². The molecule has 1 saturated carbocycles. The molecule has 2 aliphatic heterocycles. The predicted molar refractivity (Wildman–Crippen MR) is 155 cm³/mol. The normalized spacial score (nSPS) is 29.4. The molecule has 0 aromatic heterocycles. The summed E-state index contributed by atoms with van der Waals surface area (Å²) in [6.07, 6.45) is 7.49. The number of nitrogens with one attached hydrogen (secondary N) is 1. The molecule has 0 radical (unpaired) electrons. The molecule has 3 atom stereocenters. The van der Waals surface area contributed by atoms with Crippen LogP contribution < -0.4 is 14.4 Å². The Hall–Kier alpha value is -2.78. The van der Waals surface area contributed by atoms with E-state index in [0.717, 1.165) is 61.5 Å². The second kappa shape index (κ2) is 10.9. The minimum atomic E-state index is -3.77. The molecule has 6 rings (SSSR count). The summed E-state index contributed by atoms with van der Waals surface area (Å²) in [5.74, 6) is 0.442. The first-order valence-electron chi connectivity index (χ1n) is 14.3. The van der Waals surface area contributed by atoms with Crippen LogP contribution in [-0.4, -0.2) is 50.7 Å². The summed E-state index contributed by atoms with van der Waals surface area (Å²) < 4.78 is 34.1. The lowest BCUT2D eigenvalue weighted by Crippen LogP contribution is -2.49. The summed E-state index contributed by atoms with van der Waals surface area (Å²) in [4.78, 5) is 15.4. The van der Waals surface area contributed by atoms with E-state index in [1.54, 1.807) is 18.2 Å². The molecular formula is C30H36ClN3O5S. The number of anilines is 1. The molecule has 8 nitrogen and oxygen atoms in total. The van der Waals surface area contributed by atoms with Gasteiger partial charge in [0, 0.05) is 35.0 Å². The number of oxime groups is 1. The monoisotopic (exact) mass is 585 g/mol. The number of fused-ring (bicyclic) bond motifs is 4. The molecule has 1 fully saturated rings. The number of ether oxygens (including phenoxy) is 1. The number of hydrogen-bond donors (Lipinski definition) is 2. The zero-order chi connectivity index (χ0) is 27.9. The Bertz CT molecular complexity index is 1440. The Morgan fingerprint density at radius 3 is 2.75 bits per heavy atom. The van der Waals surface area contributed by atoms with Crippen molar-refractivity contribution in [1.29, 1.82) is 0 Å². The summed E-state index contributed by atoms with van der Waals surface area (Å²) in [7, 11) is -3.77. The molecule has 214 valence electrons. The molecule has 4 aliphatic rings.